The lowest BCUT2D eigenvalue weighted by Crippen LogP contribution is -2.12. The van der Waals surface area contributed by atoms with Crippen LogP contribution in [0, 0.1) is 0 Å². The summed E-state index contributed by atoms with van der Waals surface area (Å²) in [5, 5.41) is 1.99. The zero-order valence-electron chi connectivity index (χ0n) is 28.7. The van der Waals surface area contributed by atoms with Crippen molar-refractivity contribution in [3.63, 3.8) is 0 Å². The van der Waals surface area contributed by atoms with Crippen molar-refractivity contribution in [1.29, 1.82) is 0 Å². The van der Waals surface area contributed by atoms with E-state index in [2.05, 4.69) is 144 Å². The van der Waals surface area contributed by atoms with Crippen LogP contribution in [0.2, 0.25) is 0 Å². The highest BCUT2D eigenvalue weighted by Gasteiger charge is 2.27. The molecule has 10 rings (SSSR count). The highest BCUT2D eigenvalue weighted by molar-refractivity contribution is 6.20. The smallest absolute Gasteiger partial charge is 0.227 e. The van der Waals surface area contributed by atoms with Crippen LogP contribution in [0.25, 0.3) is 77.9 Å². The molecule has 0 unspecified atom stereocenters. The summed E-state index contributed by atoms with van der Waals surface area (Å²) in [5.74, 6) is 0.560. The summed E-state index contributed by atoms with van der Waals surface area (Å²) in [7, 11) is 0. The van der Waals surface area contributed by atoms with Crippen molar-refractivity contribution >= 4 is 50.1 Å². The minimum atomic E-state index is 0.560. The number of hydrogen-bond acceptors (Lipinski definition) is 4. The predicted octanol–water partition coefficient (Wildman–Crippen LogP) is 13.9. The van der Waals surface area contributed by atoms with Crippen molar-refractivity contribution in [2.75, 3.05) is 4.90 Å². The second-order valence-electron chi connectivity index (χ2n) is 13.1. The minimum Gasteiger partial charge on any atom is -0.456 e. The summed E-state index contributed by atoms with van der Waals surface area (Å²) in [6.07, 6.45) is 0. The van der Waals surface area contributed by atoms with Gasteiger partial charge in [-0.15, -0.1) is 0 Å². The number of benzene rings is 8. The number of oxazole rings is 1. The fraction of sp³-hybridized carbons (Fsp3) is 0. The lowest BCUT2D eigenvalue weighted by atomic mass is 9.99. The lowest BCUT2D eigenvalue weighted by molar-refractivity contribution is 0.617. The third-order valence-corrected chi connectivity index (χ3v) is 9.92. The summed E-state index contributed by atoms with van der Waals surface area (Å²) in [5.41, 5.74) is 13.7. The topological polar surface area (TPSA) is 42.4 Å². The van der Waals surface area contributed by atoms with Gasteiger partial charge in [0.25, 0.3) is 0 Å². The largest absolute Gasteiger partial charge is 0.456 e. The van der Waals surface area contributed by atoms with Crippen LogP contribution in [0.5, 0.6) is 0 Å². The maximum Gasteiger partial charge on any atom is 0.227 e. The first-order valence-electron chi connectivity index (χ1n) is 17.8. The number of rotatable bonds is 7. The van der Waals surface area contributed by atoms with E-state index in [-0.39, 0.29) is 0 Å². The molecule has 0 atom stereocenters. The van der Waals surface area contributed by atoms with E-state index in [0.717, 1.165) is 72.3 Å². The Bertz CT molecular complexity index is 2860. The number of nitrogens with zero attached hydrogens (tertiary/aromatic N) is 2. The predicted molar refractivity (Wildman–Crippen MR) is 218 cm³/mol. The molecule has 53 heavy (non-hydrogen) atoms. The summed E-state index contributed by atoms with van der Waals surface area (Å²) < 4.78 is 13.1. The zero-order chi connectivity index (χ0) is 35.1. The molecular formula is C49H32N2O2. The molecule has 4 heteroatoms. The molecule has 0 N–H and O–H groups in total. The molecule has 0 saturated heterocycles. The summed E-state index contributed by atoms with van der Waals surface area (Å²) >= 11 is 0. The Balaban J connectivity index is 1.21. The van der Waals surface area contributed by atoms with E-state index >= 15 is 0 Å². The Morgan fingerprint density at radius 1 is 0.396 bits per heavy atom. The van der Waals surface area contributed by atoms with Crippen LogP contribution in [-0.4, -0.2) is 4.98 Å². The van der Waals surface area contributed by atoms with Crippen LogP contribution >= 0.6 is 0 Å². The summed E-state index contributed by atoms with van der Waals surface area (Å²) in [6, 6.07) is 67.4. The Kier molecular flexibility index (Phi) is 7.43. The fourth-order valence-electron chi connectivity index (χ4n) is 7.38. The molecule has 2 aromatic heterocycles. The summed E-state index contributed by atoms with van der Waals surface area (Å²) in [6.45, 7) is 0. The highest BCUT2D eigenvalue weighted by Crippen LogP contribution is 2.49. The van der Waals surface area contributed by atoms with Gasteiger partial charge in [-0.05, 0) is 64.2 Å². The van der Waals surface area contributed by atoms with Gasteiger partial charge >= 0.3 is 0 Å². The molecule has 0 aliphatic carbocycles. The number of anilines is 3. The van der Waals surface area contributed by atoms with E-state index in [1.807, 2.05) is 54.6 Å². The van der Waals surface area contributed by atoms with Crippen LogP contribution in [0.1, 0.15) is 0 Å². The van der Waals surface area contributed by atoms with Crippen LogP contribution in [0.15, 0.2) is 203 Å². The van der Waals surface area contributed by atoms with Crippen LogP contribution < -0.4 is 4.90 Å². The molecule has 0 spiro atoms. The first-order chi connectivity index (χ1) is 26.3. The molecule has 0 aliphatic heterocycles. The number of aromatic nitrogens is 1. The summed E-state index contributed by atoms with van der Waals surface area (Å²) in [4.78, 5) is 7.57. The molecule has 4 nitrogen and oxygen atoms in total. The molecule has 0 amide bonds. The van der Waals surface area contributed by atoms with Crippen LogP contribution in [0.3, 0.4) is 0 Å². The molecular weight excluding hydrogens is 649 g/mol. The lowest BCUT2D eigenvalue weighted by Gasteiger charge is -2.28. The van der Waals surface area contributed by atoms with Crippen molar-refractivity contribution in [3.05, 3.63) is 194 Å². The maximum absolute atomic E-state index is 6.56. The average Bonchev–Trinajstić information content (AvgIpc) is 3.84. The third-order valence-electron chi connectivity index (χ3n) is 9.92. The van der Waals surface area contributed by atoms with Crippen molar-refractivity contribution < 1.29 is 8.83 Å². The SMILES string of the molecule is c1ccc(-c2ccc(-c3ccc(N(c4ccccc4-c4ccccc4)c4c5nc(-c6ccccc6)oc5cc5oc6ccccc6c45)cc3)cc2)cc1. The maximum atomic E-state index is 6.56. The zero-order valence-corrected chi connectivity index (χ0v) is 28.7. The van der Waals surface area contributed by atoms with Crippen LogP contribution in [0.4, 0.5) is 17.1 Å². The standard InChI is InChI=1S/C49H32N2O2/c1-4-14-33(15-5-1)34-24-26-35(27-25-34)36-28-30-39(31-29-36)51(42-22-12-10-20-40(42)37-16-6-2-7-17-37)48-46-41-21-11-13-23-43(41)52-44(46)32-45-47(48)50-49(53-45)38-18-8-3-9-19-38/h1-32H. The monoisotopic (exact) mass is 680 g/mol. The molecule has 10 aromatic rings. The first kappa shape index (κ1) is 30.6. The van der Waals surface area contributed by atoms with Crippen molar-refractivity contribution in [2.24, 2.45) is 0 Å². The Hall–Kier alpha value is -7.17. The van der Waals surface area contributed by atoms with Crippen molar-refractivity contribution in [2.45, 2.75) is 0 Å². The van der Waals surface area contributed by atoms with Gasteiger partial charge in [0.2, 0.25) is 5.89 Å². The molecule has 0 bridgehead atoms. The van der Waals surface area contributed by atoms with Gasteiger partial charge in [0.1, 0.15) is 16.7 Å². The van der Waals surface area contributed by atoms with E-state index in [0.29, 0.717) is 11.5 Å². The number of hydrogen-bond donors (Lipinski definition) is 0. The van der Waals surface area contributed by atoms with Gasteiger partial charge in [-0.3, -0.25) is 0 Å². The second kappa shape index (κ2) is 12.9. The third kappa shape index (κ3) is 5.45. The first-order valence-corrected chi connectivity index (χ1v) is 17.8. The van der Waals surface area contributed by atoms with E-state index in [4.69, 9.17) is 13.8 Å². The van der Waals surface area contributed by atoms with E-state index in [1.54, 1.807) is 0 Å². The van der Waals surface area contributed by atoms with Gasteiger partial charge in [0.05, 0.1) is 16.8 Å². The van der Waals surface area contributed by atoms with Gasteiger partial charge in [0.15, 0.2) is 5.58 Å². The van der Waals surface area contributed by atoms with Gasteiger partial charge in [-0.25, -0.2) is 4.98 Å². The van der Waals surface area contributed by atoms with Crippen molar-refractivity contribution in [1.82, 2.24) is 4.98 Å². The normalized spacial score (nSPS) is 11.4. The van der Waals surface area contributed by atoms with Crippen LogP contribution in [-0.2, 0) is 0 Å². The van der Waals surface area contributed by atoms with E-state index in [1.165, 1.54) is 11.1 Å². The molecule has 0 radical (unpaired) electrons. The number of furan rings is 1. The fourth-order valence-corrected chi connectivity index (χ4v) is 7.38. The van der Waals surface area contributed by atoms with Gasteiger partial charge in [0, 0.05) is 28.3 Å². The van der Waals surface area contributed by atoms with Crippen molar-refractivity contribution in [3.8, 4) is 44.8 Å². The number of fused-ring (bicyclic) bond motifs is 4. The second-order valence-corrected chi connectivity index (χ2v) is 13.1. The average molecular weight is 681 g/mol. The molecule has 0 aliphatic rings. The van der Waals surface area contributed by atoms with E-state index < -0.39 is 0 Å². The van der Waals surface area contributed by atoms with Gasteiger partial charge in [-0.1, -0.05) is 152 Å². The van der Waals surface area contributed by atoms with Gasteiger partial charge in [-0.2, -0.15) is 0 Å². The Labute approximate surface area is 306 Å². The highest BCUT2D eigenvalue weighted by atomic mass is 16.4. The molecule has 2 heterocycles. The molecule has 0 saturated carbocycles. The molecule has 0 fully saturated rings. The number of para-hydroxylation sites is 2. The Morgan fingerprint density at radius 3 is 1.60 bits per heavy atom. The molecule has 8 aromatic carbocycles. The molecule has 250 valence electrons. The van der Waals surface area contributed by atoms with E-state index in [9.17, 15) is 0 Å². The quantitative estimate of drug-likeness (QED) is 0.168. The minimum absolute atomic E-state index is 0.560. The van der Waals surface area contributed by atoms with Gasteiger partial charge < -0.3 is 13.7 Å². The Morgan fingerprint density at radius 2 is 0.925 bits per heavy atom.